The van der Waals surface area contributed by atoms with E-state index in [-0.39, 0.29) is 43.0 Å². The third-order valence-electron chi connectivity index (χ3n) is 7.69. The van der Waals surface area contributed by atoms with E-state index >= 15 is 0 Å². The number of nitrogens with two attached hydrogens (primary N) is 2. The summed E-state index contributed by atoms with van der Waals surface area (Å²) >= 11 is 0. The van der Waals surface area contributed by atoms with Crippen molar-refractivity contribution in [2.45, 2.75) is 97.4 Å². The number of aliphatic imine (C=N–C) groups is 1. The third-order valence-corrected chi connectivity index (χ3v) is 7.69. The highest BCUT2D eigenvalue weighted by atomic mass is 16.6. The minimum atomic E-state index is -1.39. The lowest BCUT2D eigenvalue weighted by Crippen LogP contribution is -2.57. The van der Waals surface area contributed by atoms with Crippen molar-refractivity contribution in [3.05, 3.63) is 40.2 Å². The Morgan fingerprint density at radius 3 is 2.25 bits per heavy atom. The molecule has 0 aliphatic carbocycles. The number of amides is 5. The molecule has 1 aromatic heterocycles. The van der Waals surface area contributed by atoms with Gasteiger partial charge in [0.25, 0.3) is 0 Å². The quantitative estimate of drug-likeness (QED) is 0.0461. The van der Waals surface area contributed by atoms with Gasteiger partial charge in [0.1, 0.15) is 29.3 Å². The number of carboxylic acid groups (broad SMARTS) is 1. The molecule has 1 unspecified atom stereocenters. The number of anilines is 1. The van der Waals surface area contributed by atoms with E-state index in [1.807, 2.05) is 0 Å². The summed E-state index contributed by atoms with van der Waals surface area (Å²) in [5, 5.41) is 22.5. The minimum absolute atomic E-state index is 0.0863. The van der Waals surface area contributed by atoms with Gasteiger partial charge in [-0.25, -0.2) is 9.59 Å². The van der Waals surface area contributed by atoms with E-state index in [9.17, 15) is 38.7 Å². The molecule has 0 spiro atoms. The first-order valence-electron chi connectivity index (χ1n) is 16.8. The van der Waals surface area contributed by atoms with Gasteiger partial charge < -0.3 is 52.3 Å². The van der Waals surface area contributed by atoms with Crippen molar-refractivity contribution >= 4 is 58.3 Å². The number of fused-ring (bicyclic) bond motifs is 1. The predicted octanol–water partition coefficient (Wildman–Crippen LogP) is 0.984. The summed E-state index contributed by atoms with van der Waals surface area (Å²) in [5.74, 6) is -4.80. The Morgan fingerprint density at radius 1 is 0.962 bits per heavy atom. The number of hydrogen-bond acceptors (Lipinski definition) is 10. The summed E-state index contributed by atoms with van der Waals surface area (Å²) in [5.41, 5.74) is 10.6. The highest BCUT2D eigenvalue weighted by Crippen LogP contribution is 2.21. The fourth-order valence-corrected chi connectivity index (χ4v) is 4.87. The molecule has 52 heavy (non-hydrogen) atoms. The molecule has 2 aromatic rings. The third kappa shape index (κ3) is 14.7. The second-order valence-electron chi connectivity index (χ2n) is 13.2. The standard InChI is InChI=1S/C34H50N8O10/c1-7-18(2)28(42-33(50)52-34(4,5)6)31(49)41-23(12-13-26(44)45)29(47)38-17-25(43)40-22(9-8-14-37-32(35)36)30(48)39-20-10-11-21-19(3)15-27(46)51-24(21)16-20/h10-11,15-16,18,22-23,28H,7-9,12-14,17H2,1-6H3,(H,38,47)(H,39,48)(H,40,43)(H,41,49)(H,42,50)(H,44,45)(H4,35,36,37)/t18?,22-,23-,28-/m0/s1. The average molecular weight is 731 g/mol. The molecule has 286 valence electrons. The maximum Gasteiger partial charge on any atom is 0.408 e. The van der Waals surface area contributed by atoms with E-state index in [1.165, 1.54) is 12.1 Å². The first-order valence-corrected chi connectivity index (χ1v) is 16.8. The lowest BCUT2D eigenvalue weighted by molar-refractivity contribution is -0.138. The zero-order chi connectivity index (χ0) is 39.2. The van der Waals surface area contributed by atoms with Gasteiger partial charge in [-0.2, -0.15) is 0 Å². The van der Waals surface area contributed by atoms with Crippen LogP contribution in [0.2, 0.25) is 0 Å². The fourth-order valence-electron chi connectivity index (χ4n) is 4.87. The number of hydrogen-bond donors (Lipinski definition) is 8. The van der Waals surface area contributed by atoms with Gasteiger partial charge in [-0.05, 0) is 70.6 Å². The summed E-state index contributed by atoms with van der Waals surface area (Å²) in [6.07, 6.45) is -0.827. The van der Waals surface area contributed by atoms with Gasteiger partial charge in [-0.1, -0.05) is 20.3 Å². The van der Waals surface area contributed by atoms with E-state index in [2.05, 4.69) is 31.6 Å². The van der Waals surface area contributed by atoms with E-state index in [0.717, 1.165) is 0 Å². The zero-order valence-corrected chi connectivity index (χ0v) is 30.3. The lowest BCUT2D eigenvalue weighted by Gasteiger charge is -2.28. The first kappa shape index (κ1) is 42.5. The van der Waals surface area contributed by atoms with Crippen molar-refractivity contribution in [2.24, 2.45) is 22.4 Å². The van der Waals surface area contributed by atoms with Crippen molar-refractivity contribution < 1.29 is 43.0 Å². The molecule has 1 aromatic carbocycles. The van der Waals surface area contributed by atoms with Crippen LogP contribution in [0.4, 0.5) is 10.5 Å². The summed E-state index contributed by atoms with van der Waals surface area (Å²) in [7, 11) is 0. The zero-order valence-electron chi connectivity index (χ0n) is 30.3. The van der Waals surface area contributed by atoms with E-state index < -0.39 is 83.9 Å². The SMILES string of the molecule is CCC(C)[C@H](NC(=O)OC(C)(C)C)C(=O)N[C@@H](CCC(=O)O)C(=O)NCC(=O)N[C@@H](CCCN=C(N)N)C(=O)Nc1ccc2c(C)cc(=O)oc2c1. The van der Waals surface area contributed by atoms with E-state index in [0.29, 0.717) is 17.4 Å². The summed E-state index contributed by atoms with van der Waals surface area (Å²) < 4.78 is 10.5. The van der Waals surface area contributed by atoms with Crippen LogP contribution in [0.3, 0.4) is 0 Å². The molecular weight excluding hydrogens is 680 g/mol. The second kappa shape index (κ2) is 19.6. The summed E-state index contributed by atoms with van der Waals surface area (Å²) in [6, 6.07) is 2.45. The molecule has 4 atom stereocenters. The number of rotatable bonds is 18. The highest BCUT2D eigenvalue weighted by molar-refractivity contribution is 5.99. The predicted molar refractivity (Wildman–Crippen MR) is 192 cm³/mol. The smallest absolute Gasteiger partial charge is 0.408 e. The largest absolute Gasteiger partial charge is 0.481 e. The molecule has 2 rings (SSSR count). The number of ether oxygens (including phenoxy) is 1. The summed E-state index contributed by atoms with van der Waals surface area (Å²) in [6.45, 7) is 9.73. The van der Waals surface area contributed by atoms with Gasteiger partial charge in [0.2, 0.25) is 23.6 Å². The number of aliphatic carboxylic acids is 1. The second-order valence-corrected chi connectivity index (χ2v) is 13.2. The van der Waals surface area contributed by atoms with Crippen molar-refractivity contribution in [3.63, 3.8) is 0 Å². The number of benzene rings is 1. The molecule has 18 nitrogen and oxygen atoms in total. The van der Waals surface area contributed by atoms with Gasteiger partial charge in [-0.3, -0.25) is 29.0 Å². The van der Waals surface area contributed by atoms with Gasteiger partial charge in [0.05, 0.1) is 6.54 Å². The molecule has 1 heterocycles. The first-order chi connectivity index (χ1) is 24.3. The van der Waals surface area contributed by atoms with Crippen LogP contribution in [0.1, 0.15) is 72.3 Å². The Morgan fingerprint density at radius 2 is 1.63 bits per heavy atom. The topological polar surface area (TPSA) is 287 Å². The normalized spacial score (nSPS) is 13.4. The Labute approximate surface area is 300 Å². The molecule has 0 radical (unpaired) electrons. The molecule has 0 fully saturated rings. The van der Waals surface area contributed by atoms with Crippen LogP contribution in [0, 0.1) is 12.8 Å². The van der Waals surface area contributed by atoms with Crippen molar-refractivity contribution in [2.75, 3.05) is 18.4 Å². The molecule has 10 N–H and O–H groups in total. The van der Waals surface area contributed by atoms with Crippen LogP contribution >= 0.6 is 0 Å². The molecule has 18 heteroatoms. The van der Waals surface area contributed by atoms with Crippen LogP contribution in [0.5, 0.6) is 0 Å². The molecule has 0 saturated heterocycles. The number of carboxylic acids is 1. The Hall–Kier alpha value is -5.68. The minimum Gasteiger partial charge on any atom is -0.481 e. The summed E-state index contributed by atoms with van der Waals surface area (Å²) in [4.78, 5) is 92.4. The van der Waals surface area contributed by atoms with Gasteiger partial charge >= 0.3 is 17.7 Å². The van der Waals surface area contributed by atoms with Crippen LogP contribution in [0.25, 0.3) is 11.0 Å². The number of carbonyl (C=O) groups is 6. The maximum absolute atomic E-state index is 13.3. The Balaban J connectivity index is 2.17. The highest BCUT2D eigenvalue weighted by Gasteiger charge is 2.32. The van der Waals surface area contributed by atoms with Gasteiger partial charge in [-0.15, -0.1) is 0 Å². The van der Waals surface area contributed by atoms with Crippen molar-refractivity contribution in [3.8, 4) is 0 Å². The number of aryl methyl sites for hydroxylation is 1. The van der Waals surface area contributed by atoms with Gasteiger partial charge in [0, 0.05) is 36.2 Å². The van der Waals surface area contributed by atoms with Crippen LogP contribution < -0.4 is 43.7 Å². The van der Waals surface area contributed by atoms with Gasteiger partial charge in [0.15, 0.2) is 5.96 Å². The number of alkyl carbamates (subject to hydrolysis) is 1. The molecule has 0 aliphatic heterocycles. The number of nitrogens with zero attached hydrogens (tertiary/aromatic N) is 1. The number of carbonyl (C=O) groups excluding carboxylic acids is 5. The molecule has 0 saturated carbocycles. The Kier molecular flexibility index (Phi) is 16.0. The maximum atomic E-state index is 13.3. The van der Waals surface area contributed by atoms with Crippen LogP contribution in [0.15, 0.2) is 38.5 Å². The lowest BCUT2D eigenvalue weighted by atomic mass is 9.97. The van der Waals surface area contributed by atoms with Crippen molar-refractivity contribution in [1.82, 2.24) is 21.3 Å². The van der Waals surface area contributed by atoms with Crippen molar-refractivity contribution in [1.29, 1.82) is 0 Å². The molecule has 5 amide bonds. The van der Waals surface area contributed by atoms with Crippen LogP contribution in [-0.2, 0) is 28.7 Å². The molecular formula is C34H50N8O10. The molecule has 0 aliphatic rings. The average Bonchev–Trinajstić information content (AvgIpc) is 3.03. The number of guanidine groups is 1. The Bertz CT molecular complexity index is 1700. The molecule has 0 bridgehead atoms. The van der Waals surface area contributed by atoms with E-state index in [1.54, 1.807) is 53.7 Å². The van der Waals surface area contributed by atoms with Crippen LogP contribution in [-0.4, -0.2) is 83.6 Å². The monoisotopic (exact) mass is 730 g/mol. The van der Waals surface area contributed by atoms with E-state index in [4.69, 9.17) is 20.6 Å². The fraction of sp³-hybridized carbons (Fsp3) is 0.529. The number of nitrogens with one attached hydrogen (secondary N) is 5.